The molecule has 0 spiro atoms. The Kier molecular flexibility index (Phi) is 5.42. The fourth-order valence-corrected chi connectivity index (χ4v) is 2.21. The lowest BCUT2D eigenvalue weighted by atomic mass is 10.0. The van der Waals surface area contributed by atoms with Gasteiger partial charge >= 0.3 is 0 Å². The van der Waals surface area contributed by atoms with Gasteiger partial charge in [-0.3, -0.25) is 9.59 Å². The van der Waals surface area contributed by atoms with Gasteiger partial charge in [0.05, 0.1) is 11.3 Å². The van der Waals surface area contributed by atoms with Crippen LogP contribution in [0.25, 0.3) is 0 Å². The summed E-state index contributed by atoms with van der Waals surface area (Å²) in [5, 5.41) is 24.7. The molecule has 0 unspecified atom stereocenters. The second kappa shape index (κ2) is 7.50. The van der Waals surface area contributed by atoms with Crippen LogP contribution in [-0.2, 0) is 4.79 Å². The number of benzene rings is 2. The molecule has 2 aromatic carbocycles. The minimum absolute atomic E-state index is 0.0552. The van der Waals surface area contributed by atoms with Gasteiger partial charge in [-0.1, -0.05) is 38.1 Å². The summed E-state index contributed by atoms with van der Waals surface area (Å²) in [6, 6.07) is 11.6. The highest BCUT2D eigenvalue weighted by Gasteiger charge is 2.26. The van der Waals surface area contributed by atoms with Gasteiger partial charge in [0.1, 0.15) is 17.5 Å². The van der Waals surface area contributed by atoms with Crippen LogP contribution in [0.2, 0.25) is 0 Å². The first-order chi connectivity index (χ1) is 11.4. The van der Waals surface area contributed by atoms with E-state index in [0.717, 1.165) is 0 Å². The highest BCUT2D eigenvalue weighted by Crippen LogP contribution is 2.22. The Balaban J connectivity index is 2.15. The Morgan fingerprint density at radius 1 is 0.917 bits per heavy atom. The predicted molar refractivity (Wildman–Crippen MR) is 90.9 cm³/mol. The molecule has 4 N–H and O–H groups in total. The first-order valence-electron chi connectivity index (χ1n) is 7.58. The third kappa shape index (κ3) is 4.04. The fourth-order valence-electron chi connectivity index (χ4n) is 2.21. The minimum atomic E-state index is -0.822. The van der Waals surface area contributed by atoms with Crippen molar-refractivity contribution in [3.05, 3.63) is 54.1 Å². The molecule has 24 heavy (non-hydrogen) atoms. The number of carbonyl (C=O) groups is 2. The van der Waals surface area contributed by atoms with Crippen molar-refractivity contribution in [3.8, 4) is 11.5 Å². The van der Waals surface area contributed by atoms with Crippen molar-refractivity contribution in [3.63, 3.8) is 0 Å². The van der Waals surface area contributed by atoms with Crippen molar-refractivity contribution < 1.29 is 19.8 Å². The zero-order valence-electron chi connectivity index (χ0n) is 13.5. The zero-order valence-corrected chi connectivity index (χ0v) is 13.5. The Morgan fingerprint density at radius 3 is 2.08 bits per heavy atom. The van der Waals surface area contributed by atoms with Gasteiger partial charge in [0, 0.05) is 0 Å². The maximum absolute atomic E-state index is 12.5. The Labute approximate surface area is 140 Å². The van der Waals surface area contributed by atoms with E-state index in [1.54, 1.807) is 44.2 Å². The molecule has 0 aliphatic carbocycles. The minimum Gasteiger partial charge on any atom is -0.507 e. The highest BCUT2D eigenvalue weighted by atomic mass is 16.3. The van der Waals surface area contributed by atoms with Crippen LogP contribution in [0.15, 0.2) is 48.5 Å². The maximum Gasteiger partial charge on any atom is 0.255 e. The number of hydrogen-bond donors (Lipinski definition) is 4. The molecule has 6 nitrogen and oxygen atoms in total. The number of para-hydroxylation sites is 3. The van der Waals surface area contributed by atoms with Crippen LogP contribution in [0.3, 0.4) is 0 Å². The van der Waals surface area contributed by atoms with Gasteiger partial charge in [-0.15, -0.1) is 0 Å². The van der Waals surface area contributed by atoms with Crippen molar-refractivity contribution >= 4 is 17.5 Å². The van der Waals surface area contributed by atoms with Crippen molar-refractivity contribution in [2.24, 2.45) is 5.92 Å². The summed E-state index contributed by atoms with van der Waals surface area (Å²) in [7, 11) is 0. The van der Waals surface area contributed by atoms with Crippen LogP contribution in [-0.4, -0.2) is 28.1 Å². The summed E-state index contributed by atoms with van der Waals surface area (Å²) in [5.41, 5.74) is 0.364. The molecular weight excluding hydrogens is 308 g/mol. The van der Waals surface area contributed by atoms with Crippen LogP contribution in [0.5, 0.6) is 11.5 Å². The molecule has 0 saturated carbocycles. The molecule has 6 heteroatoms. The van der Waals surface area contributed by atoms with Crippen LogP contribution in [0.4, 0.5) is 5.69 Å². The lowest BCUT2D eigenvalue weighted by Gasteiger charge is -2.22. The van der Waals surface area contributed by atoms with Gasteiger partial charge in [-0.2, -0.15) is 0 Å². The quantitative estimate of drug-likeness (QED) is 0.634. The van der Waals surface area contributed by atoms with E-state index in [9.17, 15) is 19.8 Å². The van der Waals surface area contributed by atoms with E-state index in [4.69, 9.17) is 0 Å². The van der Waals surface area contributed by atoms with E-state index < -0.39 is 17.9 Å². The number of hydrogen-bond acceptors (Lipinski definition) is 4. The monoisotopic (exact) mass is 328 g/mol. The Hall–Kier alpha value is -3.02. The summed E-state index contributed by atoms with van der Waals surface area (Å²) in [6.07, 6.45) is 0. The number of phenolic OH excluding ortho intramolecular Hbond substituents is 2. The number of nitrogens with one attached hydrogen (secondary N) is 2. The number of rotatable bonds is 5. The fraction of sp³-hybridized carbons (Fsp3) is 0.222. The molecule has 0 aliphatic rings. The second-order valence-electron chi connectivity index (χ2n) is 5.72. The molecule has 0 aliphatic heterocycles. The van der Waals surface area contributed by atoms with E-state index in [2.05, 4.69) is 10.6 Å². The molecule has 0 bridgehead atoms. The number of anilines is 1. The lowest BCUT2D eigenvalue weighted by molar-refractivity contribution is -0.118. The standard InChI is InChI=1S/C18H20N2O4/c1-11(2)16(18(24)19-13-8-4-6-10-15(13)22)20-17(23)12-7-3-5-9-14(12)21/h3-11,16,21-22H,1-2H3,(H,19,24)(H,20,23)/t16-/m1/s1. The first kappa shape index (κ1) is 17.3. The average Bonchev–Trinajstić information content (AvgIpc) is 2.54. The summed E-state index contributed by atoms with van der Waals surface area (Å²) < 4.78 is 0. The molecular formula is C18H20N2O4. The van der Waals surface area contributed by atoms with Gasteiger partial charge in [0.2, 0.25) is 5.91 Å². The van der Waals surface area contributed by atoms with Crippen LogP contribution >= 0.6 is 0 Å². The number of amides is 2. The molecule has 2 aromatic rings. The molecule has 0 saturated heterocycles. The summed E-state index contributed by atoms with van der Waals surface area (Å²) in [4.78, 5) is 24.8. The molecule has 0 aromatic heterocycles. The second-order valence-corrected chi connectivity index (χ2v) is 5.72. The molecule has 126 valence electrons. The smallest absolute Gasteiger partial charge is 0.255 e. The van der Waals surface area contributed by atoms with E-state index >= 15 is 0 Å². The van der Waals surface area contributed by atoms with Crippen LogP contribution in [0.1, 0.15) is 24.2 Å². The van der Waals surface area contributed by atoms with Crippen molar-refractivity contribution in [1.82, 2.24) is 5.32 Å². The van der Waals surface area contributed by atoms with E-state index in [1.165, 1.54) is 18.2 Å². The summed E-state index contributed by atoms with van der Waals surface area (Å²) in [5.74, 6) is -1.39. The van der Waals surface area contributed by atoms with Gasteiger partial charge in [-0.05, 0) is 30.2 Å². The van der Waals surface area contributed by atoms with Gasteiger partial charge in [0.15, 0.2) is 0 Å². The number of phenols is 2. The SMILES string of the molecule is CC(C)[C@@H](NC(=O)c1ccccc1O)C(=O)Nc1ccccc1O. The predicted octanol–water partition coefficient (Wildman–Crippen LogP) is 2.49. The van der Waals surface area contributed by atoms with Crippen molar-refractivity contribution in [2.45, 2.75) is 19.9 Å². The number of carbonyl (C=O) groups excluding carboxylic acids is 2. The van der Waals surface area contributed by atoms with Gasteiger partial charge in [-0.25, -0.2) is 0 Å². The van der Waals surface area contributed by atoms with Crippen LogP contribution < -0.4 is 10.6 Å². The summed E-state index contributed by atoms with van der Waals surface area (Å²) >= 11 is 0. The maximum atomic E-state index is 12.5. The number of aromatic hydroxyl groups is 2. The normalized spacial score (nSPS) is 11.8. The van der Waals surface area contributed by atoms with Crippen molar-refractivity contribution in [1.29, 1.82) is 0 Å². The summed E-state index contributed by atoms with van der Waals surface area (Å²) in [6.45, 7) is 3.58. The van der Waals surface area contributed by atoms with E-state index in [-0.39, 0.29) is 28.7 Å². The van der Waals surface area contributed by atoms with Crippen LogP contribution in [0, 0.1) is 5.92 Å². The Morgan fingerprint density at radius 2 is 1.50 bits per heavy atom. The molecule has 2 rings (SSSR count). The highest BCUT2D eigenvalue weighted by molar-refractivity contribution is 6.02. The average molecular weight is 328 g/mol. The molecule has 1 atom stereocenters. The molecule has 0 fully saturated rings. The van der Waals surface area contributed by atoms with Crippen molar-refractivity contribution in [2.75, 3.05) is 5.32 Å². The third-order valence-corrected chi connectivity index (χ3v) is 3.55. The molecule has 2 amide bonds. The van der Waals surface area contributed by atoms with E-state index in [1.807, 2.05) is 0 Å². The molecule has 0 radical (unpaired) electrons. The van der Waals surface area contributed by atoms with E-state index in [0.29, 0.717) is 0 Å². The molecule has 0 heterocycles. The zero-order chi connectivity index (χ0) is 17.7. The third-order valence-electron chi connectivity index (χ3n) is 3.55. The largest absolute Gasteiger partial charge is 0.507 e. The first-order valence-corrected chi connectivity index (χ1v) is 7.58. The van der Waals surface area contributed by atoms with Gasteiger partial charge < -0.3 is 20.8 Å². The topological polar surface area (TPSA) is 98.7 Å². The lowest BCUT2D eigenvalue weighted by Crippen LogP contribution is -2.47. The van der Waals surface area contributed by atoms with Gasteiger partial charge in [0.25, 0.3) is 5.91 Å². The Bertz CT molecular complexity index is 743.